The molecule has 4 nitrogen and oxygen atoms in total. The van der Waals surface area contributed by atoms with Crippen LogP contribution in [-0.2, 0) is 4.79 Å². The first-order chi connectivity index (χ1) is 12.7. The Balaban J connectivity index is 3.91. The zero-order valence-corrected chi connectivity index (χ0v) is 18.3. The minimum absolute atomic E-state index is 0.534. The van der Waals surface area contributed by atoms with E-state index in [0.717, 1.165) is 36.7 Å². The van der Waals surface area contributed by atoms with Crippen molar-refractivity contribution in [2.75, 3.05) is 6.61 Å². The van der Waals surface area contributed by atoms with Gasteiger partial charge in [0.05, 0.1) is 6.61 Å². The van der Waals surface area contributed by atoms with Gasteiger partial charge in [-0.1, -0.05) is 78.2 Å². The van der Waals surface area contributed by atoms with Crippen LogP contribution in [0.5, 0.6) is 0 Å². The standard InChI is InChI=1S/C23H44O4/c1-17(2)9-6-10-18(3)11-7-12-19(4)13-8-14-20(5)15-21(25)23(27)22(26)16-24/h15,17-19,22-24,26-27H,6-14,16H2,1-5H3. The molecule has 4 unspecified atom stereocenters. The monoisotopic (exact) mass is 384 g/mol. The van der Waals surface area contributed by atoms with Gasteiger partial charge in [-0.15, -0.1) is 0 Å². The largest absolute Gasteiger partial charge is 0.394 e. The van der Waals surface area contributed by atoms with Crippen molar-refractivity contribution in [3.8, 4) is 0 Å². The van der Waals surface area contributed by atoms with Gasteiger partial charge in [-0.2, -0.15) is 0 Å². The maximum atomic E-state index is 11.8. The number of ketones is 1. The van der Waals surface area contributed by atoms with E-state index in [4.69, 9.17) is 5.11 Å². The molecular formula is C23H44O4. The van der Waals surface area contributed by atoms with Crippen molar-refractivity contribution in [3.63, 3.8) is 0 Å². The van der Waals surface area contributed by atoms with Crippen LogP contribution in [0.4, 0.5) is 0 Å². The summed E-state index contributed by atoms with van der Waals surface area (Å²) < 4.78 is 0. The van der Waals surface area contributed by atoms with E-state index >= 15 is 0 Å². The number of carbonyl (C=O) groups is 1. The van der Waals surface area contributed by atoms with E-state index in [9.17, 15) is 15.0 Å². The predicted octanol–water partition coefficient (Wildman–Crippen LogP) is 4.66. The maximum Gasteiger partial charge on any atom is 0.186 e. The smallest absolute Gasteiger partial charge is 0.186 e. The molecule has 0 saturated heterocycles. The fraction of sp³-hybridized carbons (Fsp3) is 0.870. The third kappa shape index (κ3) is 14.0. The molecule has 0 spiro atoms. The maximum absolute atomic E-state index is 11.8. The Labute approximate surface area is 167 Å². The predicted molar refractivity (Wildman–Crippen MR) is 113 cm³/mol. The topological polar surface area (TPSA) is 77.8 Å². The number of carbonyl (C=O) groups excluding carboxylic acids is 1. The van der Waals surface area contributed by atoms with Gasteiger partial charge < -0.3 is 15.3 Å². The van der Waals surface area contributed by atoms with Crippen molar-refractivity contribution in [1.29, 1.82) is 0 Å². The van der Waals surface area contributed by atoms with Crippen LogP contribution < -0.4 is 0 Å². The highest BCUT2D eigenvalue weighted by Crippen LogP contribution is 2.22. The van der Waals surface area contributed by atoms with Crippen molar-refractivity contribution < 1.29 is 20.1 Å². The van der Waals surface area contributed by atoms with Gasteiger partial charge in [-0.25, -0.2) is 0 Å². The summed E-state index contributed by atoms with van der Waals surface area (Å²) in [4.78, 5) is 11.8. The van der Waals surface area contributed by atoms with E-state index in [1.807, 2.05) is 6.92 Å². The minimum atomic E-state index is -1.54. The van der Waals surface area contributed by atoms with E-state index < -0.39 is 24.6 Å². The molecule has 4 atom stereocenters. The van der Waals surface area contributed by atoms with Gasteiger partial charge in [0, 0.05) is 0 Å². The number of hydrogen-bond donors (Lipinski definition) is 3. The Morgan fingerprint density at radius 3 is 1.81 bits per heavy atom. The number of allylic oxidation sites excluding steroid dienone is 1. The molecule has 0 radical (unpaired) electrons. The minimum Gasteiger partial charge on any atom is -0.394 e. The van der Waals surface area contributed by atoms with Gasteiger partial charge in [0.1, 0.15) is 12.2 Å². The van der Waals surface area contributed by atoms with Crippen LogP contribution in [-0.4, -0.2) is 39.9 Å². The van der Waals surface area contributed by atoms with Crippen LogP contribution in [0.1, 0.15) is 92.4 Å². The Bertz CT molecular complexity index is 417. The zero-order valence-electron chi connectivity index (χ0n) is 18.3. The van der Waals surface area contributed by atoms with Crippen LogP contribution in [0, 0.1) is 17.8 Å². The molecule has 0 heterocycles. The molecule has 0 aliphatic carbocycles. The molecule has 0 aromatic heterocycles. The average Bonchev–Trinajstić information content (AvgIpc) is 2.59. The molecule has 0 aromatic rings. The van der Waals surface area contributed by atoms with Crippen LogP contribution in [0.15, 0.2) is 11.6 Å². The van der Waals surface area contributed by atoms with E-state index in [1.165, 1.54) is 44.6 Å². The molecule has 3 N–H and O–H groups in total. The second kappa shape index (κ2) is 15.2. The third-order valence-electron chi connectivity index (χ3n) is 5.37. The fourth-order valence-corrected chi connectivity index (χ4v) is 3.40. The van der Waals surface area contributed by atoms with Gasteiger partial charge in [0.2, 0.25) is 0 Å². The van der Waals surface area contributed by atoms with Gasteiger partial charge in [0.25, 0.3) is 0 Å². The van der Waals surface area contributed by atoms with Crippen molar-refractivity contribution >= 4 is 5.78 Å². The highest BCUT2D eigenvalue weighted by atomic mass is 16.4. The highest BCUT2D eigenvalue weighted by Gasteiger charge is 2.21. The molecule has 0 aromatic carbocycles. The first-order valence-corrected chi connectivity index (χ1v) is 10.8. The first kappa shape index (κ1) is 26.3. The van der Waals surface area contributed by atoms with Crippen LogP contribution in [0.25, 0.3) is 0 Å². The highest BCUT2D eigenvalue weighted by molar-refractivity contribution is 5.94. The van der Waals surface area contributed by atoms with Crippen molar-refractivity contribution in [2.24, 2.45) is 17.8 Å². The second-order valence-electron chi connectivity index (χ2n) is 8.95. The number of rotatable bonds is 16. The quantitative estimate of drug-likeness (QED) is 0.338. The second-order valence-corrected chi connectivity index (χ2v) is 8.95. The van der Waals surface area contributed by atoms with Gasteiger partial charge in [-0.05, 0) is 43.6 Å². The molecule has 0 amide bonds. The molecule has 0 saturated carbocycles. The van der Waals surface area contributed by atoms with Crippen LogP contribution in [0.2, 0.25) is 0 Å². The molecule has 4 heteroatoms. The van der Waals surface area contributed by atoms with Gasteiger partial charge >= 0.3 is 0 Å². The lowest BCUT2D eigenvalue weighted by Crippen LogP contribution is -2.35. The first-order valence-electron chi connectivity index (χ1n) is 10.8. The number of aliphatic hydroxyl groups excluding tert-OH is 3. The van der Waals surface area contributed by atoms with Crippen molar-refractivity contribution in [3.05, 3.63) is 11.6 Å². The Morgan fingerprint density at radius 1 is 0.852 bits per heavy atom. The van der Waals surface area contributed by atoms with E-state index in [0.29, 0.717) is 5.92 Å². The van der Waals surface area contributed by atoms with Crippen LogP contribution in [0.3, 0.4) is 0 Å². The van der Waals surface area contributed by atoms with E-state index in [-0.39, 0.29) is 0 Å². The van der Waals surface area contributed by atoms with Crippen LogP contribution >= 0.6 is 0 Å². The molecule has 27 heavy (non-hydrogen) atoms. The summed E-state index contributed by atoms with van der Waals surface area (Å²) in [5, 5.41) is 27.6. The zero-order chi connectivity index (χ0) is 20.8. The molecule has 0 rings (SSSR count). The number of aliphatic hydroxyl groups is 3. The Kier molecular flexibility index (Phi) is 14.8. The van der Waals surface area contributed by atoms with Gasteiger partial charge in [0.15, 0.2) is 5.78 Å². The lowest BCUT2D eigenvalue weighted by Gasteiger charge is -2.15. The summed E-state index contributed by atoms with van der Waals surface area (Å²) in [5.41, 5.74) is 0.912. The fourth-order valence-electron chi connectivity index (χ4n) is 3.40. The van der Waals surface area contributed by atoms with Crippen molar-refractivity contribution in [2.45, 2.75) is 105 Å². The number of hydrogen-bond acceptors (Lipinski definition) is 4. The van der Waals surface area contributed by atoms with E-state index in [2.05, 4.69) is 27.7 Å². The lowest BCUT2D eigenvalue weighted by atomic mass is 9.91. The summed E-state index contributed by atoms with van der Waals surface area (Å²) >= 11 is 0. The molecule has 0 fully saturated rings. The summed E-state index contributed by atoms with van der Waals surface area (Å²) in [6, 6.07) is 0. The van der Waals surface area contributed by atoms with E-state index in [1.54, 1.807) is 0 Å². The Morgan fingerprint density at radius 2 is 1.33 bits per heavy atom. The molecule has 0 aliphatic rings. The Hall–Kier alpha value is -0.710. The summed E-state index contributed by atoms with van der Waals surface area (Å²) in [5.74, 6) is 1.80. The molecular weight excluding hydrogens is 340 g/mol. The SMILES string of the molecule is CC(=CC(=O)C(O)C(O)CO)CCCC(C)CCCC(C)CCCC(C)C. The third-order valence-corrected chi connectivity index (χ3v) is 5.37. The van der Waals surface area contributed by atoms with Crippen molar-refractivity contribution in [1.82, 2.24) is 0 Å². The summed E-state index contributed by atoms with van der Waals surface area (Å²) in [6.07, 6.45) is 9.36. The lowest BCUT2D eigenvalue weighted by molar-refractivity contribution is -0.129. The molecule has 160 valence electrons. The summed E-state index contributed by atoms with van der Waals surface area (Å²) in [6.45, 7) is 10.5. The molecule has 0 aliphatic heterocycles. The normalized spacial score (nSPS) is 17.0. The average molecular weight is 385 g/mol. The summed E-state index contributed by atoms with van der Waals surface area (Å²) in [7, 11) is 0. The van der Waals surface area contributed by atoms with Gasteiger partial charge in [-0.3, -0.25) is 4.79 Å². The molecule has 0 bridgehead atoms.